The number of hydrogen-bond acceptors (Lipinski definition) is 5. The van der Waals surface area contributed by atoms with Crippen molar-refractivity contribution in [3.8, 4) is 0 Å². The van der Waals surface area contributed by atoms with Crippen LogP contribution in [0.3, 0.4) is 0 Å². The number of aromatic nitrogens is 3. The summed E-state index contributed by atoms with van der Waals surface area (Å²) in [7, 11) is 0. The molecule has 2 aromatic heterocycles. The van der Waals surface area contributed by atoms with Crippen LogP contribution in [0.15, 0.2) is 24.4 Å². The zero-order valence-electron chi connectivity index (χ0n) is 14.3. The first kappa shape index (κ1) is 16.7. The smallest absolute Gasteiger partial charge is 0.356 e. The highest BCUT2D eigenvalue weighted by atomic mass is 16.5. The molecule has 1 N–H and O–H groups in total. The fraction of sp³-hybridized carbons (Fsp3) is 0.444. The second-order valence-corrected chi connectivity index (χ2v) is 6.57. The molecule has 0 aromatic carbocycles. The molecule has 8 heteroatoms. The summed E-state index contributed by atoms with van der Waals surface area (Å²) >= 11 is 0. The Labute approximate surface area is 150 Å². The SMILES string of the molecule is O=C(O)c1nn(Cc2ccccn2)c2c1CN(C(=O)[C@H]1CCCO1)CC2. The van der Waals surface area contributed by atoms with E-state index >= 15 is 0 Å². The second-order valence-electron chi connectivity index (χ2n) is 6.57. The molecule has 1 fully saturated rings. The van der Waals surface area contributed by atoms with E-state index in [1.807, 2.05) is 18.2 Å². The van der Waals surface area contributed by atoms with Crippen molar-refractivity contribution in [1.29, 1.82) is 0 Å². The van der Waals surface area contributed by atoms with E-state index in [1.165, 1.54) is 0 Å². The Morgan fingerprint density at radius 2 is 2.23 bits per heavy atom. The van der Waals surface area contributed by atoms with Gasteiger partial charge in [-0.1, -0.05) is 6.07 Å². The van der Waals surface area contributed by atoms with Crippen LogP contribution in [-0.2, 0) is 29.0 Å². The van der Waals surface area contributed by atoms with Gasteiger partial charge in [0.25, 0.3) is 5.91 Å². The Bertz CT molecular complexity index is 827. The molecular formula is C18H20N4O4. The second kappa shape index (κ2) is 6.87. The van der Waals surface area contributed by atoms with E-state index < -0.39 is 12.1 Å². The van der Waals surface area contributed by atoms with Crippen molar-refractivity contribution in [2.75, 3.05) is 13.2 Å². The monoisotopic (exact) mass is 356 g/mol. The van der Waals surface area contributed by atoms with Crippen LogP contribution < -0.4 is 0 Å². The number of aromatic carboxylic acids is 1. The van der Waals surface area contributed by atoms with Gasteiger partial charge >= 0.3 is 5.97 Å². The van der Waals surface area contributed by atoms with Gasteiger partial charge in [-0.25, -0.2) is 4.79 Å². The molecule has 1 amide bonds. The van der Waals surface area contributed by atoms with Gasteiger partial charge in [-0.15, -0.1) is 0 Å². The van der Waals surface area contributed by atoms with Gasteiger partial charge in [-0.05, 0) is 25.0 Å². The van der Waals surface area contributed by atoms with Gasteiger partial charge in [0.05, 0.1) is 12.2 Å². The molecule has 0 radical (unpaired) electrons. The molecule has 2 aromatic rings. The van der Waals surface area contributed by atoms with Crippen molar-refractivity contribution < 1.29 is 19.4 Å². The minimum atomic E-state index is -1.08. The van der Waals surface area contributed by atoms with Crippen LogP contribution in [0, 0.1) is 0 Å². The molecule has 2 aliphatic heterocycles. The molecule has 1 atom stereocenters. The van der Waals surface area contributed by atoms with Crippen molar-refractivity contribution in [2.45, 2.75) is 38.5 Å². The standard InChI is InChI=1S/C18H20N4O4/c23-17(15-5-3-9-26-15)21-8-6-14-13(11-21)16(18(24)25)20-22(14)10-12-4-1-2-7-19-12/h1-2,4,7,15H,3,5-6,8-11H2,(H,24,25)/t15-/m1/s1. The van der Waals surface area contributed by atoms with E-state index in [0.717, 1.165) is 24.2 Å². The van der Waals surface area contributed by atoms with Crippen LogP contribution in [0.5, 0.6) is 0 Å². The summed E-state index contributed by atoms with van der Waals surface area (Å²) in [6, 6.07) is 5.60. The van der Waals surface area contributed by atoms with Crippen LogP contribution >= 0.6 is 0 Å². The number of carboxylic acid groups (broad SMARTS) is 1. The highest BCUT2D eigenvalue weighted by Crippen LogP contribution is 2.25. The average Bonchev–Trinajstić information content (AvgIpc) is 3.30. The zero-order valence-corrected chi connectivity index (χ0v) is 14.3. The molecule has 0 bridgehead atoms. The molecule has 4 heterocycles. The number of carboxylic acids is 1. The van der Waals surface area contributed by atoms with E-state index in [2.05, 4.69) is 10.1 Å². The molecule has 2 aliphatic rings. The Hall–Kier alpha value is -2.74. The van der Waals surface area contributed by atoms with E-state index in [-0.39, 0.29) is 18.1 Å². The maximum Gasteiger partial charge on any atom is 0.356 e. The summed E-state index contributed by atoms with van der Waals surface area (Å²) < 4.78 is 7.18. The van der Waals surface area contributed by atoms with E-state index in [0.29, 0.717) is 31.7 Å². The van der Waals surface area contributed by atoms with Crippen molar-refractivity contribution in [3.05, 3.63) is 47.0 Å². The lowest BCUT2D eigenvalue weighted by Gasteiger charge is -2.29. The molecule has 0 spiro atoms. The summed E-state index contributed by atoms with van der Waals surface area (Å²) in [5.41, 5.74) is 2.31. The Kier molecular flexibility index (Phi) is 4.42. The fourth-order valence-corrected chi connectivity index (χ4v) is 3.60. The highest BCUT2D eigenvalue weighted by Gasteiger charge is 2.34. The quantitative estimate of drug-likeness (QED) is 0.881. The predicted octanol–water partition coefficient (Wildman–Crippen LogP) is 1.09. The molecular weight excluding hydrogens is 336 g/mol. The Morgan fingerprint density at radius 1 is 1.35 bits per heavy atom. The fourth-order valence-electron chi connectivity index (χ4n) is 3.60. The molecule has 1 saturated heterocycles. The van der Waals surface area contributed by atoms with Crippen LogP contribution in [0.1, 0.15) is 40.3 Å². The minimum Gasteiger partial charge on any atom is -0.476 e. The number of amides is 1. The van der Waals surface area contributed by atoms with Crippen molar-refractivity contribution >= 4 is 11.9 Å². The van der Waals surface area contributed by atoms with Gasteiger partial charge < -0.3 is 14.7 Å². The van der Waals surface area contributed by atoms with Gasteiger partial charge in [0.2, 0.25) is 0 Å². The van der Waals surface area contributed by atoms with Gasteiger partial charge in [-0.2, -0.15) is 5.10 Å². The minimum absolute atomic E-state index is 0.0146. The number of carbonyl (C=O) groups excluding carboxylic acids is 1. The molecule has 4 rings (SSSR count). The number of ether oxygens (including phenoxy) is 1. The predicted molar refractivity (Wildman–Crippen MR) is 90.6 cm³/mol. The first-order valence-corrected chi connectivity index (χ1v) is 8.75. The molecule has 0 saturated carbocycles. The Morgan fingerprint density at radius 3 is 2.92 bits per heavy atom. The summed E-state index contributed by atoms with van der Waals surface area (Å²) in [4.78, 5) is 30.2. The molecule has 0 unspecified atom stereocenters. The first-order valence-electron chi connectivity index (χ1n) is 8.75. The lowest BCUT2D eigenvalue weighted by atomic mass is 10.0. The number of rotatable bonds is 4. The van der Waals surface area contributed by atoms with Crippen LogP contribution in [-0.4, -0.2) is 55.9 Å². The number of hydrogen-bond donors (Lipinski definition) is 1. The number of nitrogens with zero attached hydrogens (tertiary/aromatic N) is 4. The number of fused-ring (bicyclic) bond motifs is 1. The van der Waals surface area contributed by atoms with Crippen LogP contribution in [0.2, 0.25) is 0 Å². The highest BCUT2D eigenvalue weighted by molar-refractivity contribution is 5.88. The van der Waals surface area contributed by atoms with Crippen molar-refractivity contribution in [3.63, 3.8) is 0 Å². The summed E-state index contributed by atoms with van der Waals surface area (Å²) in [5, 5.41) is 13.8. The normalized spacial score (nSPS) is 19.4. The maximum atomic E-state index is 12.6. The zero-order chi connectivity index (χ0) is 18.1. The van der Waals surface area contributed by atoms with Gasteiger partial charge in [0, 0.05) is 43.6 Å². The number of pyridine rings is 1. The van der Waals surface area contributed by atoms with Gasteiger partial charge in [-0.3, -0.25) is 14.5 Å². The number of carbonyl (C=O) groups is 2. The molecule has 0 aliphatic carbocycles. The third-order valence-corrected chi connectivity index (χ3v) is 4.89. The van der Waals surface area contributed by atoms with Crippen LogP contribution in [0.4, 0.5) is 0 Å². The molecule has 8 nitrogen and oxygen atoms in total. The van der Waals surface area contributed by atoms with Gasteiger partial charge in [0.15, 0.2) is 5.69 Å². The summed E-state index contributed by atoms with van der Waals surface area (Å²) in [6.45, 7) is 1.82. The lowest BCUT2D eigenvalue weighted by molar-refractivity contribution is -0.141. The van der Waals surface area contributed by atoms with E-state index in [9.17, 15) is 14.7 Å². The Balaban J connectivity index is 1.61. The van der Waals surface area contributed by atoms with Gasteiger partial charge in [0.1, 0.15) is 6.10 Å². The topological polar surface area (TPSA) is 97.5 Å². The largest absolute Gasteiger partial charge is 0.476 e. The summed E-state index contributed by atoms with van der Waals surface area (Å²) in [6.07, 6.45) is 3.49. The maximum absolute atomic E-state index is 12.6. The molecule has 26 heavy (non-hydrogen) atoms. The molecule has 136 valence electrons. The van der Waals surface area contributed by atoms with Crippen molar-refractivity contribution in [1.82, 2.24) is 19.7 Å². The van der Waals surface area contributed by atoms with E-state index in [4.69, 9.17) is 4.74 Å². The van der Waals surface area contributed by atoms with Crippen LogP contribution in [0.25, 0.3) is 0 Å². The average molecular weight is 356 g/mol. The third kappa shape index (κ3) is 3.08. The lowest BCUT2D eigenvalue weighted by Crippen LogP contribution is -2.42. The summed E-state index contributed by atoms with van der Waals surface area (Å²) in [5.74, 6) is -1.13. The van der Waals surface area contributed by atoms with E-state index in [1.54, 1.807) is 15.8 Å². The first-order chi connectivity index (χ1) is 12.6. The van der Waals surface area contributed by atoms with Crippen molar-refractivity contribution in [2.24, 2.45) is 0 Å². The third-order valence-electron chi connectivity index (χ3n) is 4.89.